The third-order valence-corrected chi connectivity index (χ3v) is 6.26. The quantitative estimate of drug-likeness (QED) is 0.455. The van der Waals surface area contributed by atoms with Crippen molar-refractivity contribution in [3.05, 3.63) is 83.4 Å². The Kier molecular flexibility index (Phi) is 6.30. The maximum absolute atomic E-state index is 13.3. The van der Waals surface area contributed by atoms with Gasteiger partial charge in [-0.25, -0.2) is 4.99 Å². The molecule has 0 bridgehead atoms. The van der Waals surface area contributed by atoms with Crippen molar-refractivity contribution in [2.45, 2.75) is 12.6 Å². The molecule has 9 heteroatoms. The largest absolute Gasteiger partial charge is 0.497 e. The molecule has 6 nitrogen and oxygen atoms in total. The minimum Gasteiger partial charge on any atom is -0.497 e. The molecule has 1 saturated heterocycles. The van der Waals surface area contributed by atoms with Crippen LogP contribution in [0.1, 0.15) is 27.9 Å². The zero-order valence-electron chi connectivity index (χ0n) is 19.6. The molecule has 0 aromatic heterocycles. The molecule has 0 saturated carbocycles. The Bertz CT molecular complexity index is 1320. The highest BCUT2D eigenvalue weighted by molar-refractivity contribution is 6.04. The first-order valence-corrected chi connectivity index (χ1v) is 11.6. The van der Waals surface area contributed by atoms with Gasteiger partial charge in [-0.15, -0.1) is 0 Å². The van der Waals surface area contributed by atoms with Crippen molar-refractivity contribution in [3.8, 4) is 17.2 Å². The first-order chi connectivity index (χ1) is 17.3. The number of rotatable bonds is 2. The van der Waals surface area contributed by atoms with Crippen LogP contribution in [0.2, 0.25) is 0 Å². The number of fused-ring (bicyclic) bond motifs is 2. The number of benzene rings is 3. The number of halogens is 3. The lowest BCUT2D eigenvalue weighted by molar-refractivity contribution is -0.137. The zero-order chi connectivity index (χ0) is 25.3. The number of hydrogen-bond donors (Lipinski definition) is 0. The topological polar surface area (TPSA) is 54.4 Å². The van der Waals surface area contributed by atoms with Crippen LogP contribution >= 0.6 is 0 Å². The number of amidine groups is 1. The summed E-state index contributed by atoms with van der Waals surface area (Å²) in [5, 5.41) is 0. The zero-order valence-corrected chi connectivity index (χ0v) is 19.6. The summed E-state index contributed by atoms with van der Waals surface area (Å²) in [6.07, 6.45) is -3.78. The fourth-order valence-electron chi connectivity index (χ4n) is 4.41. The lowest BCUT2D eigenvalue weighted by Gasteiger charge is -2.25. The number of carbonyl (C=O) groups is 1. The molecule has 2 aliphatic rings. The molecule has 2 aliphatic heterocycles. The first kappa shape index (κ1) is 23.7. The molecule has 186 valence electrons. The average molecular weight is 496 g/mol. The molecule has 0 unspecified atom stereocenters. The summed E-state index contributed by atoms with van der Waals surface area (Å²) in [6, 6.07) is 17.6. The molecular formula is C27H24F3N3O3. The van der Waals surface area contributed by atoms with Crippen LogP contribution < -0.4 is 9.47 Å². The van der Waals surface area contributed by atoms with Crippen LogP contribution in [-0.2, 0) is 6.18 Å². The van der Waals surface area contributed by atoms with E-state index in [4.69, 9.17) is 14.5 Å². The van der Waals surface area contributed by atoms with Gasteiger partial charge in [0.05, 0.1) is 18.2 Å². The van der Waals surface area contributed by atoms with Gasteiger partial charge in [0.2, 0.25) is 0 Å². The van der Waals surface area contributed by atoms with Gasteiger partial charge in [-0.2, -0.15) is 13.2 Å². The van der Waals surface area contributed by atoms with E-state index in [0.29, 0.717) is 66.7 Å². The second kappa shape index (κ2) is 9.56. The fraction of sp³-hybridized carbons (Fsp3) is 0.259. The van der Waals surface area contributed by atoms with Crippen LogP contribution in [0.15, 0.2) is 71.7 Å². The summed E-state index contributed by atoms with van der Waals surface area (Å²) >= 11 is 0. The van der Waals surface area contributed by atoms with E-state index >= 15 is 0 Å². The van der Waals surface area contributed by atoms with Gasteiger partial charge < -0.3 is 19.3 Å². The van der Waals surface area contributed by atoms with E-state index in [0.717, 1.165) is 12.1 Å². The minimum atomic E-state index is -4.49. The molecule has 3 aromatic carbocycles. The lowest BCUT2D eigenvalue weighted by atomic mass is 10.1. The highest BCUT2D eigenvalue weighted by Crippen LogP contribution is 2.41. The number of nitrogens with zero attached hydrogens (tertiary/aromatic N) is 3. The van der Waals surface area contributed by atoms with E-state index in [1.54, 1.807) is 48.4 Å². The number of para-hydroxylation sites is 1. The van der Waals surface area contributed by atoms with Gasteiger partial charge in [-0.3, -0.25) is 4.79 Å². The number of carbonyl (C=O) groups excluding carboxylic acids is 1. The maximum atomic E-state index is 13.3. The Labute approximate surface area is 206 Å². The third-order valence-electron chi connectivity index (χ3n) is 6.26. The van der Waals surface area contributed by atoms with Gasteiger partial charge >= 0.3 is 6.18 Å². The van der Waals surface area contributed by atoms with E-state index in [2.05, 4.69) is 4.90 Å². The van der Waals surface area contributed by atoms with Crippen molar-refractivity contribution < 1.29 is 27.4 Å². The summed E-state index contributed by atoms with van der Waals surface area (Å²) in [5.74, 6) is 1.64. The highest BCUT2D eigenvalue weighted by Gasteiger charge is 2.33. The van der Waals surface area contributed by atoms with Gasteiger partial charge in [-0.1, -0.05) is 18.2 Å². The Balaban J connectivity index is 1.44. The molecular weight excluding hydrogens is 471 g/mol. The summed E-state index contributed by atoms with van der Waals surface area (Å²) < 4.78 is 51.0. The minimum absolute atomic E-state index is 0.0527. The Morgan fingerprint density at radius 2 is 1.78 bits per heavy atom. The average Bonchev–Trinajstić information content (AvgIpc) is 3.22. The number of amides is 1. The highest BCUT2D eigenvalue weighted by atomic mass is 19.4. The van der Waals surface area contributed by atoms with Gasteiger partial charge in [0.1, 0.15) is 23.0 Å². The molecule has 0 N–H and O–H groups in total. The van der Waals surface area contributed by atoms with Gasteiger partial charge in [0.15, 0.2) is 5.75 Å². The van der Waals surface area contributed by atoms with Crippen LogP contribution in [0.5, 0.6) is 17.2 Å². The molecule has 1 fully saturated rings. The number of alkyl halides is 3. The molecule has 5 rings (SSSR count). The standard InChI is InChI=1S/C27H24F3N3O3/c1-35-20-7-4-6-18(16-20)26(34)33-13-5-12-32(14-15-33)25-21-8-2-3-9-23(21)36-24-17-19(27(28,29)30)10-11-22(24)31-25/h2-4,6-11,16-17H,5,12-15H2,1H3. The van der Waals surface area contributed by atoms with Crippen molar-refractivity contribution in [2.75, 3.05) is 33.3 Å². The second-order valence-corrected chi connectivity index (χ2v) is 8.58. The Morgan fingerprint density at radius 3 is 2.58 bits per heavy atom. The SMILES string of the molecule is COc1cccc(C(=O)N2CCCN(C3=Nc4ccc(C(F)(F)F)cc4Oc4ccccc43)CC2)c1. The molecule has 3 aromatic rings. The first-order valence-electron chi connectivity index (χ1n) is 11.6. The second-order valence-electron chi connectivity index (χ2n) is 8.58. The number of aliphatic imine (C=N–C) groups is 1. The summed E-state index contributed by atoms with van der Waals surface area (Å²) in [7, 11) is 1.56. The van der Waals surface area contributed by atoms with Crippen LogP contribution in [0, 0.1) is 0 Å². The molecule has 0 atom stereocenters. The fourth-order valence-corrected chi connectivity index (χ4v) is 4.41. The molecule has 0 spiro atoms. The molecule has 0 radical (unpaired) electrons. The van der Waals surface area contributed by atoms with E-state index in [1.807, 2.05) is 12.1 Å². The van der Waals surface area contributed by atoms with Gasteiger partial charge in [0, 0.05) is 31.7 Å². The van der Waals surface area contributed by atoms with E-state index in [9.17, 15) is 18.0 Å². The molecule has 1 amide bonds. The molecule has 2 heterocycles. The van der Waals surface area contributed by atoms with Crippen molar-refractivity contribution >= 4 is 17.4 Å². The van der Waals surface area contributed by atoms with Crippen molar-refractivity contribution in [1.82, 2.24) is 9.80 Å². The Morgan fingerprint density at radius 1 is 0.944 bits per heavy atom. The van der Waals surface area contributed by atoms with Crippen molar-refractivity contribution in [2.24, 2.45) is 4.99 Å². The van der Waals surface area contributed by atoms with Gasteiger partial charge in [0.25, 0.3) is 5.91 Å². The lowest BCUT2D eigenvalue weighted by Crippen LogP contribution is -2.37. The van der Waals surface area contributed by atoms with E-state index in [-0.39, 0.29) is 11.7 Å². The van der Waals surface area contributed by atoms with E-state index < -0.39 is 11.7 Å². The molecule has 36 heavy (non-hydrogen) atoms. The number of ether oxygens (including phenoxy) is 2. The van der Waals surface area contributed by atoms with Crippen LogP contribution in [-0.4, -0.2) is 54.8 Å². The number of hydrogen-bond acceptors (Lipinski definition) is 5. The van der Waals surface area contributed by atoms with Crippen molar-refractivity contribution in [1.29, 1.82) is 0 Å². The predicted octanol–water partition coefficient (Wildman–Crippen LogP) is 5.75. The third kappa shape index (κ3) is 4.73. The summed E-state index contributed by atoms with van der Waals surface area (Å²) in [5.41, 5.74) is 0.777. The summed E-state index contributed by atoms with van der Waals surface area (Å²) in [4.78, 5) is 21.8. The normalized spacial score (nSPS) is 15.6. The van der Waals surface area contributed by atoms with Crippen LogP contribution in [0.4, 0.5) is 18.9 Å². The maximum Gasteiger partial charge on any atom is 0.416 e. The van der Waals surface area contributed by atoms with Crippen LogP contribution in [0.25, 0.3) is 0 Å². The van der Waals surface area contributed by atoms with E-state index in [1.165, 1.54) is 6.07 Å². The Hall–Kier alpha value is -4.01. The predicted molar refractivity (Wildman–Crippen MR) is 129 cm³/mol. The molecule has 0 aliphatic carbocycles. The van der Waals surface area contributed by atoms with Gasteiger partial charge in [-0.05, 0) is 55.0 Å². The summed E-state index contributed by atoms with van der Waals surface area (Å²) in [6.45, 7) is 2.19. The number of methoxy groups -OCH3 is 1. The van der Waals surface area contributed by atoms with Crippen molar-refractivity contribution in [3.63, 3.8) is 0 Å². The monoisotopic (exact) mass is 495 g/mol. The smallest absolute Gasteiger partial charge is 0.416 e. The van der Waals surface area contributed by atoms with Crippen LogP contribution in [0.3, 0.4) is 0 Å².